The first-order chi connectivity index (χ1) is 13.3. The van der Waals surface area contributed by atoms with Gasteiger partial charge in [-0.05, 0) is 53.0 Å². The van der Waals surface area contributed by atoms with Gasteiger partial charge in [0.2, 0.25) is 11.8 Å². The van der Waals surface area contributed by atoms with Gasteiger partial charge < -0.3 is 10.2 Å². The van der Waals surface area contributed by atoms with E-state index in [1.54, 1.807) is 18.4 Å². The summed E-state index contributed by atoms with van der Waals surface area (Å²) in [4.78, 5) is 31.8. The van der Waals surface area contributed by atoms with Crippen LogP contribution in [-0.4, -0.2) is 35.3 Å². The number of carbonyl (C=O) groups is 2. The highest BCUT2D eigenvalue weighted by Gasteiger charge is 2.16. The minimum atomic E-state index is -0.216. The fourth-order valence-electron chi connectivity index (χ4n) is 2.60. The third-order valence-electron chi connectivity index (χ3n) is 4.35. The summed E-state index contributed by atoms with van der Waals surface area (Å²) in [6.45, 7) is 3.96. The number of benzene rings is 1. The fraction of sp³-hybridized carbons (Fsp3) is 0.250. The van der Waals surface area contributed by atoms with Crippen LogP contribution in [0.5, 0.6) is 0 Å². The highest BCUT2D eigenvalue weighted by molar-refractivity contribution is 9.10. The van der Waals surface area contributed by atoms with E-state index in [1.807, 2.05) is 48.9 Å². The quantitative estimate of drug-likeness (QED) is 0.549. The molecule has 8 heteroatoms. The summed E-state index contributed by atoms with van der Waals surface area (Å²) in [6.07, 6.45) is 0.177. The molecule has 0 bridgehead atoms. The van der Waals surface area contributed by atoms with E-state index in [0.717, 1.165) is 36.9 Å². The molecule has 1 aromatic carbocycles. The van der Waals surface area contributed by atoms with Crippen LogP contribution in [0.4, 0.5) is 5.69 Å². The Kier molecular flexibility index (Phi) is 6.64. The second kappa shape index (κ2) is 8.98. The molecule has 28 heavy (non-hydrogen) atoms. The summed E-state index contributed by atoms with van der Waals surface area (Å²) < 4.78 is 1.02. The minimum absolute atomic E-state index is 0.00107. The van der Waals surface area contributed by atoms with E-state index in [2.05, 4.69) is 26.2 Å². The molecule has 5 nitrogen and oxygen atoms in total. The van der Waals surface area contributed by atoms with E-state index in [4.69, 9.17) is 0 Å². The predicted octanol–water partition coefficient (Wildman–Crippen LogP) is 4.89. The average molecular weight is 478 g/mol. The van der Waals surface area contributed by atoms with Crippen molar-refractivity contribution in [3.8, 4) is 9.88 Å². The van der Waals surface area contributed by atoms with Crippen LogP contribution >= 0.6 is 38.6 Å². The normalized spacial score (nSPS) is 10.7. The summed E-state index contributed by atoms with van der Waals surface area (Å²) in [5.74, 6) is -0.354. The lowest BCUT2D eigenvalue weighted by molar-refractivity contribution is -0.132. The van der Waals surface area contributed by atoms with Crippen molar-refractivity contribution in [1.29, 1.82) is 0 Å². The maximum absolute atomic E-state index is 12.5. The van der Waals surface area contributed by atoms with Crippen molar-refractivity contribution < 1.29 is 9.59 Å². The third kappa shape index (κ3) is 5.06. The minimum Gasteiger partial charge on any atom is -0.336 e. The van der Waals surface area contributed by atoms with Gasteiger partial charge in [0.25, 0.3) is 0 Å². The lowest BCUT2D eigenvalue weighted by Gasteiger charge is -2.17. The van der Waals surface area contributed by atoms with Crippen LogP contribution in [0.1, 0.15) is 16.8 Å². The van der Waals surface area contributed by atoms with Gasteiger partial charge in [0.05, 0.1) is 23.5 Å². The van der Waals surface area contributed by atoms with Gasteiger partial charge in [-0.3, -0.25) is 9.59 Å². The Labute approximate surface area is 180 Å². The monoisotopic (exact) mass is 477 g/mol. The number of nitrogens with zero attached hydrogens (tertiary/aromatic N) is 2. The van der Waals surface area contributed by atoms with E-state index in [-0.39, 0.29) is 24.8 Å². The Balaban J connectivity index is 1.56. The lowest BCUT2D eigenvalue weighted by Crippen LogP contribution is -2.36. The van der Waals surface area contributed by atoms with Crippen molar-refractivity contribution in [2.24, 2.45) is 0 Å². The van der Waals surface area contributed by atoms with Crippen molar-refractivity contribution in [3.05, 3.63) is 56.3 Å². The molecule has 0 saturated heterocycles. The molecule has 0 spiro atoms. The van der Waals surface area contributed by atoms with Crippen molar-refractivity contribution >= 4 is 56.1 Å². The third-order valence-corrected chi connectivity index (χ3v) is 7.10. The van der Waals surface area contributed by atoms with Gasteiger partial charge in [-0.2, -0.15) is 0 Å². The lowest BCUT2D eigenvalue weighted by atomic mass is 10.1. The fourth-order valence-corrected chi connectivity index (χ4v) is 4.92. The Morgan fingerprint density at radius 1 is 1.21 bits per heavy atom. The summed E-state index contributed by atoms with van der Waals surface area (Å²) >= 11 is 6.56. The number of carbonyl (C=O) groups excluding carboxylic acids is 2. The summed E-state index contributed by atoms with van der Waals surface area (Å²) in [5.41, 5.74) is 3.63. The number of likely N-dealkylation sites (N-methyl/N-ethyl adjacent to an activating group) is 1. The van der Waals surface area contributed by atoms with Crippen LogP contribution in [0, 0.1) is 13.8 Å². The molecular weight excluding hydrogens is 458 g/mol. The first-order valence-corrected chi connectivity index (χ1v) is 11.2. The Morgan fingerprint density at radius 2 is 2.00 bits per heavy atom. The van der Waals surface area contributed by atoms with Crippen LogP contribution in [0.3, 0.4) is 0 Å². The van der Waals surface area contributed by atoms with Crippen LogP contribution in [0.15, 0.2) is 39.5 Å². The molecule has 0 atom stereocenters. The molecule has 2 aromatic heterocycles. The molecule has 0 aliphatic rings. The number of amides is 2. The highest BCUT2D eigenvalue weighted by atomic mass is 79.9. The summed E-state index contributed by atoms with van der Waals surface area (Å²) in [6, 6.07) is 7.77. The van der Waals surface area contributed by atoms with Gasteiger partial charge in [0.1, 0.15) is 5.01 Å². The number of aryl methyl sites for hydroxylation is 1. The summed E-state index contributed by atoms with van der Waals surface area (Å²) in [5, 5.41) is 7.67. The number of halogens is 1. The van der Waals surface area contributed by atoms with Gasteiger partial charge in [0.15, 0.2) is 0 Å². The molecule has 0 unspecified atom stereocenters. The molecule has 0 aliphatic carbocycles. The van der Waals surface area contributed by atoms with Gasteiger partial charge in [-0.15, -0.1) is 22.7 Å². The van der Waals surface area contributed by atoms with Gasteiger partial charge >= 0.3 is 0 Å². The van der Waals surface area contributed by atoms with Crippen LogP contribution in [-0.2, 0) is 16.0 Å². The molecule has 1 N–H and O–H groups in total. The molecule has 3 aromatic rings. The van der Waals surface area contributed by atoms with Crippen LogP contribution in [0.2, 0.25) is 0 Å². The van der Waals surface area contributed by atoms with E-state index in [0.29, 0.717) is 0 Å². The number of hydrogen-bond donors (Lipinski definition) is 1. The van der Waals surface area contributed by atoms with Crippen LogP contribution < -0.4 is 5.32 Å². The number of hydrogen-bond acceptors (Lipinski definition) is 5. The second-order valence-corrected chi connectivity index (χ2v) is 9.18. The SMILES string of the molecule is Cc1cccc(NC(=O)CN(C)C(=O)Cc2csc(-c3cc(Br)cs3)n2)c1C. The summed E-state index contributed by atoms with van der Waals surface area (Å²) in [7, 11) is 1.63. The van der Waals surface area contributed by atoms with E-state index >= 15 is 0 Å². The van der Waals surface area contributed by atoms with Gasteiger partial charge in [-0.1, -0.05) is 12.1 Å². The standard InChI is InChI=1S/C20H20BrN3O2S2/c1-12-5-4-6-16(13(12)2)23-18(25)9-24(3)19(26)8-15-11-28-20(22-15)17-7-14(21)10-27-17/h4-7,10-11H,8-9H2,1-3H3,(H,23,25). The average Bonchev–Trinajstić information content (AvgIpc) is 3.27. The molecule has 0 aliphatic heterocycles. The van der Waals surface area contributed by atoms with Crippen molar-refractivity contribution in [2.45, 2.75) is 20.3 Å². The number of anilines is 1. The smallest absolute Gasteiger partial charge is 0.243 e. The van der Waals surface area contributed by atoms with E-state index in [9.17, 15) is 9.59 Å². The maximum atomic E-state index is 12.5. The Bertz CT molecular complexity index is 1010. The zero-order valence-corrected chi connectivity index (χ0v) is 19.0. The topological polar surface area (TPSA) is 62.3 Å². The van der Waals surface area contributed by atoms with Crippen molar-refractivity contribution in [2.75, 3.05) is 18.9 Å². The number of aromatic nitrogens is 1. The van der Waals surface area contributed by atoms with Gasteiger partial charge in [0, 0.05) is 28.0 Å². The van der Waals surface area contributed by atoms with E-state index in [1.165, 1.54) is 16.2 Å². The zero-order chi connectivity index (χ0) is 20.3. The molecule has 0 saturated carbocycles. The molecule has 2 amide bonds. The molecule has 0 fully saturated rings. The van der Waals surface area contributed by atoms with Crippen LogP contribution in [0.25, 0.3) is 9.88 Å². The molecule has 2 heterocycles. The molecule has 146 valence electrons. The maximum Gasteiger partial charge on any atom is 0.243 e. The molecule has 3 rings (SSSR count). The first kappa shape index (κ1) is 20.7. The molecule has 0 radical (unpaired) electrons. The number of thiophene rings is 1. The number of nitrogens with one attached hydrogen (secondary N) is 1. The molecular formula is C20H20BrN3O2S2. The highest BCUT2D eigenvalue weighted by Crippen LogP contribution is 2.32. The predicted molar refractivity (Wildman–Crippen MR) is 119 cm³/mol. The van der Waals surface area contributed by atoms with Crippen molar-refractivity contribution in [3.63, 3.8) is 0 Å². The first-order valence-electron chi connectivity index (χ1n) is 8.62. The van der Waals surface area contributed by atoms with E-state index < -0.39 is 0 Å². The Morgan fingerprint density at radius 3 is 2.71 bits per heavy atom. The van der Waals surface area contributed by atoms with Crippen molar-refractivity contribution in [1.82, 2.24) is 9.88 Å². The second-order valence-electron chi connectivity index (χ2n) is 6.50. The zero-order valence-electron chi connectivity index (χ0n) is 15.8. The number of rotatable bonds is 6. The Hall–Kier alpha value is -2.03. The van der Waals surface area contributed by atoms with Gasteiger partial charge in [-0.25, -0.2) is 4.98 Å². The largest absolute Gasteiger partial charge is 0.336 e. The number of thiazole rings is 1.